The number of fused-ring (bicyclic) bond motifs is 1. The van der Waals surface area contributed by atoms with E-state index in [0.717, 1.165) is 26.2 Å². The van der Waals surface area contributed by atoms with Crippen LogP contribution < -0.4 is 5.73 Å². The molecule has 2 N–H and O–H groups in total. The van der Waals surface area contributed by atoms with E-state index in [1.54, 1.807) is 5.56 Å². The Hall–Kier alpha value is -0.860. The van der Waals surface area contributed by atoms with Crippen LogP contribution in [0.25, 0.3) is 0 Å². The van der Waals surface area contributed by atoms with Crippen molar-refractivity contribution in [1.82, 2.24) is 4.90 Å². The molecule has 0 saturated heterocycles. The molecule has 1 aliphatic rings. The quantitative estimate of drug-likeness (QED) is 0.793. The topological polar surface area (TPSA) is 29.3 Å². The van der Waals surface area contributed by atoms with Gasteiger partial charge in [-0.1, -0.05) is 12.1 Å². The van der Waals surface area contributed by atoms with Gasteiger partial charge in [0.05, 0.1) is 0 Å². The SMILES string of the molecule is Cc1ccc(C)c2c1CCN(CCN)C2. The molecule has 0 aromatic heterocycles. The van der Waals surface area contributed by atoms with E-state index in [-0.39, 0.29) is 0 Å². The van der Waals surface area contributed by atoms with Crippen LogP contribution in [0.15, 0.2) is 12.1 Å². The smallest absolute Gasteiger partial charge is 0.0239 e. The molecule has 0 radical (unpaired) electrons. The molecule has 0 aliphatic carbocycles. The normalized spacial score (nSPS) is 16.5. The highest BCUT2D eigenvalue weighted by molar-refractivity contribution is 5.41. The minimum Gasteiger partial charge on any atom is -0.329 e. The molecular formula is C13H20N2. The van der Waals surface area contributed by atoms with Crippen LogP contribution in [0.1, 0.15) is 22.3 Å². The predicted octanol–water partition coefficient (Wildman–Crippen LogP) is 1.62. The van der Waals surface area contributed by atoms with Crippen molar-refractivity contribution in [3.05, 3.63) is 34.4 Å². The Bertz CT molecular complexity index is 358. The van der Waals surface area contributed by atoms with Gasteiger partial charge in [-0.2, -0.15) is 0 Å². The molecule has 0 saturated carbocycles. The van der Waals surface area contributed by atoms with E-state index < -0.39 is 0 Å². The van der Waals surface area contributed by atoms with Crippen LogP contribution >= 0.6 is 0 Å². The fourth-order valence-corrected chi connectivity index (χ4v) is 2.44. The fourth-order valence-electron chi connectivity index (χ4n) is 2.44. The minimum atomic E-state index is 0.764. The van der Waals surface area contributed by atoms with Gasteiger partial charge in [-0.15, -0.1) is 0 Å². The van der Waals surface area contributed by atoms with E-state index in [0.29, 0.717) is 0 Å². The third-order valence-corrected chi connectivity index (χ3v) is 3.40. The van der Waals surface area contributed by atoms with Gasteiger partial charge >= 0.3 is 0 Å². The first-order valence-electron chi connectivity index (χ1n) is 5.72. The number of benzene rings is 1. The third kappa shape index (κ3) is 2.06. The van der Waals surface area contributed by atoms with Gasteiger partial charge in [-0.05, 0) is 42.5 Å². The number of nitrogens with two attached hydrogens (primary N) is 1. The second kappa shape index (κ2) is 4.33. The first kappa shape index (κ1) is 10.7. The standard InChI is InChI=1S/C13H20N2/c1-10-3-4-11(2)13-9-15(8-6-14)7-5-12(10)13/h3-4H,5-9,14H2,1-2H3. The van der Waals surface area contributed by atoms with Crippen molar-refractivity contribution >= 4 is 0 Å². The Kier molecular flexibility index (Phi) is 3.08. The first-order valence-corrected chi connectivity index (χ1v) is 5.72. The summed E-state index contributed by atoms with van der Waals surface area (Å²) in [6.45, 7) is 8.46. The zero-order valence-electron chi connectivity index (χ0n) is 9.71. The highest BCUT2D eigenvalue weighted by Gasteiger charge is 2.18. The van der Waals surface area contributed by atoms with Crippen molar-refractivity contribution in [3.8, 4) is 0 Å². The number of nitrogens with zero attached hydrogens (tertiary/aromatic N) is 1. The molecule has 15 heavy (non-hydrogen) atoms. The van der Waals surface area contributed by atoms with Crippen molar-refractivity contribution in [2.24, 2.45) is 5.73 Å². The second-order valence-electron chi connectivity index (χ2n) is 4.47. The molecule has 1 aromatic rings. The van der Waals surface area contributed by atoms with Gasteiger partial charge < -0.3 is 5.73 Å². The van der Waals surface area contributed by atoms with E-state index in [4.69, 9.17) is 5.73 Å². The molecule has 0 atom stereocenters. The molecule has 0 amide bonds. The maximum atomic E-state index is 5.61. The summed E-state index contributed by atoms with van der Waals surface area (Å²) in [6.07, 6.45) is 1.18. The summed E-state index contributed by atoms with van der Waals surface area (Å²) in [7, 11) is 0. The maximum absolute atomic E-state index is 5.61. The molecule has 0 fully saturated rings. The van der Waals surface area contributed by atoms with Crippen LogP contribution in [-0.2, 0) is 13.0 Å². The lowest BCUT2D eigenvalue weighted by atomic mass is 9.92. The van der Waals surface area contributed by atoms with Gasteiger partial charge in [0.2, 0.25) is 0 Å². The Morgan fingerprint density at radius 1 is 1.20 bits per heavy atom. The molecule has 0 bridgehead atoms. The first-order chi connectivity index (χ1) is 7.22. The van der Waals surface area contributed by atoms with E-state index in [2.05, 4.69) is 30.9 Å². The van der Waals surface area contributed by atoms with Gasteiger partial charge in [0.15, 0.2) is 0 Å². The Balaban J connectivity index is 2.28. The molecular weight excluding hydrogens is 184 g/mol. The highest BCUT2D eigenvalue weighted by Crippen LogP contribution is 2.24. The van der Waals surface area contributed by atoms with Gasteiger partial charge in [-0.25, -0.2) is 0 Å². The molecule has 2 rings (SSSR count). The lowest BCUT2D eigenvalue weighted by Crippen LogP contribution is -2.35. The van der Waals surface area contributed by atoms with Crippen LogP contribution in [0.5, 0.6) is 0 Å². The second-order valence-corrected chi connectivity index (χ2v) is 4.47. The van der Waals surface area contributed by atoms with Crippen molar-refractivity contribution in [2.45, 2.75) is 26.8 Å². The van der Waals surface area contributed by atoms with Crippen molar-refractivity contribution in [3.63, 3.8) is 0 Å². The van der Waals surface area contributed by atoms with Crippen LogP contribution in [0.4, 0.5) is 0 Å². The average molecular weight is 204 g/mol. The van der Waals surface area contributed by atoms with Gasteiger partial charge in [-0.3, -0.25) is 4.90 Å². The lowest BCUT2D eigenvalue weighted by Gasteiger charge is -2.30. The van der Waals surface area contributed by atoms with E-state index in [1.807, 2.05) is 0 Å². The summed E-state index contributed by atoms with van der Waals surface area (Å²) in [4.78, 5) is 2.45. The lowest BCUT2D eigenvalue weighted by molar-refractivity contribution is 0.260. The fraction of sp³-hybridized carbons (Fsp3) is 0.538. The summed E-state index contributed by atoms with van der Waals surface area (Å²) in [5.74, 6) is 0. The average Bonchev–Trinajstić information content (AvgIpc) is 2.24. The molecule has 2 nitrogen and oxygen atoms in total. The number of hydrogen-bond acceptors (Lipinski definition) is 2. The molecule has 0 unspecified atom stereocenters. The molecule has 1 aromatic carbocycles. The van der Waals surface area contributed by atoms with Crippen molar-refractivity contribution < 1.29 is 0 Å². The number of aryl methyl sites for hydroxylation is 2. The van der Waals surface area contributed by atoms with Crippen LogP contribution in [0.3, 0.4) is 0 Å². The Morgan fingerprint density at radius 3 is 2.53 bits per heavy atom. The summed E-state index contributed by atoms with van der Waals surface area (Å²) in [5.41, 5.74) is 11.6. The molecule has 82 valence electrons. The van der Waals surface area contributed by atoms with E-state index >= 15 is 0 Å². The van der Waals surface area contributed by atoms with Gasteiger partial charge in [0.25, 0.3) is 0 Å². The molecule has 2 heteroatoms. The Labute approximate surface area is 92.1 Å². The highest BCUT2D eigenvalue weighted by atomic mass is 15.1. The zero-order valence-corrected chi connectivity index (χ0v) is 9.71. The predicted molar refractivity (Wildman–Crippen MR) is 64.0 cm³/mol. The van der Waals surface area contributed by atoms with Gasteiger partial charge in [0, 0.05) is 26.2 Å². The maximum Gasteiger partial charge on any atom is 0.0239 e. The number of hydrogen-bond donors (Lipinski definition) is 1. The third-order valence-electron chi connectivity index (χ3n) is 3.40. The van der Waals surface area contributed by atoms with E-state index in [9.17, 15) is 0 Å². The summed E-state index contributed by atoms with van der Waals surface area (Å²) < 4.78 is 0. The molecule has 1 heterocycles. The van der Waals surface area contributed by atoms with Crippen molar-refractivity contribution in [2.75, 3.05) is 19.6 Å². The minimum absolute atomic E-state index is 0.764. The van der Waals surface area contributed by atoms with E-state index in [1.165, 1.54) is 23.1 Å². The number of rotatable bonds is 2. The van der Waals surface area contributed by atoms with Crippen LogP contribution in [-0.4, -0.2) is 24.5 Å². The molecule has 1 aliphatic heterocycles. The van der Waals surface area contributed by atoms with Crippen LogP contribution in [0, 0.1) is 13.8 Å². The summed E-state index contributed by atoms with van der Waals surface area (Å²) in [5, 5.41) is 0. The monoisotopic (exact) mass is 204 g/mol. The van der Waals surface area contributed by atoms with Crippen molar-refractivity contribution in [1.29, 1.82) is 0 Å². The van der Waals surface area contributed by atoms with Gasteiger partial charge in [0.1, 0.15) is 0 Å². The molecule has 0 spiro atoms. The summed E-state index contributed by atoms with van der Waals surface area (Å²) in [6, 6.07) is 4.48. The zero-order chi connectivity index (χ0) is 10.8. The Morgan fingerprint density at radius 2 is 1.87 bits per heavy atom. The largest absolute Gasteiger partial charge is 0.329 e. The summed E-state index contributed by atoms with van der Waals surface area (Å²) >= 11 is 0. The van der Waals surface area contributed by atoms with Crippen LogP contribution in [0.2, 0.25) is 0 Å².